The minimum atomic E-state index is -4.53. The number of phenolic OH excluding ortho intramolecular Hbond substituents is 1. The Morgan fingerprint density at radius 2 is 1.90 bits per heavy atom. The molecule has 4 rings (SSSR count). The third-order valence-corrected chi connectivity index (χ3v) is 5.48. The maximum Gasteiger partial charge on any atom is 0.416 e. The van der Waals surface area contributed by atoms with Crippen LogP contribution in [-0.2, 0) is 6.18 Å². The van der Waals surface area contributed by atoms with E-state index in [4.69, 9.17) is 0 Å². The lowest BCUT2D eigenvalue weighted by Crippen LogP contribution is -2.40. The Labute approximate surface area is 172 Å². The summed E-state index contributed by atoms with van der Waals surface area (Å²) in [6.07, 6.45) is -2.40. The molecule has 1 atom stereocenters. The number of nitrogens with one attached hydrogen (secondary N) is 1. The molecule has 0 spiro atoms. The molecule has 2 N–H and O–H groups in total. The summed E-state index contributed by atoms with van der Waals surface area (Å²) in [7, 11) is 2.08. The quantitative estimate of drug-likeness (QED) is 0.640. The van der Waals surface area contributed by atoms with Crippen LogP contribution in [0.25, 0.3) is 22.0 Å². The maximum absolute atomic E-state index is 13.0. The van der Waals surface area contributed by atoms with Crippen molar-refractivity contribution in [2.24, 2.45) is 0 Å². The summed E-state index contributed by atoms with van der Waals surface area (Å²) in [5, 5.41) is 23.9. The van der Waals surface area contributed by atoms with Gasteiger partial charge in [0.25, 0.3) is 0 Å². The number of nitrogens with zero attached hydrogens (tertiary/aromatic N) is 3. The first-order chi connectivity index (χ1) is 14.2. The number of hydrogen-bond donors (Lipinski definition) is 2. The Bertz CT molecular complexity index is 1080. The Hall–Kier alpha value is -2.87. The number of anilines is 1. The number of phenols is 1. The number of aromatic nitrogens is 2. The number of alkyl halides is 3. The van der Waals surface area contributed by atoms with Gasteiger partial charge in [-0.1, -0.05) is 17.7 Å². The minimum absolute atomic E-state index is 0.218. The molecule has 8 heteroatoms. The normalized spacial score (nSPS) is 18.0. The smallest absolute Gasteiger partial charge is 0.416 e. The van der Waals surface area contributed by atoms with Crippen LogP contribution in [0, 0.1) is 6.92 Å². The van der Waals surface area contributed by atoms with Gasteiger partial charge in [0.15, 0.2) is 5.82 Å². The highest BCUT2D eigenvalue weighted by Gasteiger charge is 2.31. The number of piperidine rings is 1. The van der Waals surface area contributed by atoms with Crippen molar-refractivity contribution < 1.29 is 18.3 Å². The molecule has 1 aliphatic rings. The van der Waals surface area contributed by atoms with Crippen molar-refractivity contribution in [3.8, 4) is 17.0 Å². The third kappa shape index (κ3) is 4.05. The van der Waals surface area contributed by atoms with Crippen molar-refractivity contribution in [3.05, 3.63) is 47.5 Å². The van der Waals surface area contributed by atoms with Crippen molar-refractivity contribution in [2.45, 2.75) is 32.0 Å². The molecule has 0 aliphatic carbocycles. The summed E-state index contributed by atoms with van der Waals surface area (Å²) in [4.78, 5) is 2.26. The zero-order valence-corrected chi connectivity index (χ0v) is 16.8. The van der Waals surface area contributed by atoms with E-state index < -0.39 is 17.5 Å². The fourth-order valence-corrected chi connectivity index (χ4v) is 3.96. The summed E-state index contributed by atoms with van der Waals surface area (Å²) in [5.74, 6) is 0.164. The minimum Gasteiger partial charge on any atom is -0.507 e. The molecule has 0 saturated carbocycles. The molecule has 2 heterocycles. The van der Waals surface area contributed by atoms with Gasteiger partial charge in [-0.05, 0) is 57.6 Å². The molecule has 1 fully saturated rings. The number of hydrogen-bond acceptors (Lipinski definition) is 5. The lowest BCUT2D eigenvalue weighted by Gasteiger charge is -2.30. The zero-order valence-electron chi connectivity index (χ0n) is 16.8. The predicted molar refractivity (Wildman–Crippen MR) is 111 cm³/mol. The first kappa shape index (κ1) is 20.4. The predicted octanol–water partition coefficient (Wildman–Crippen LogP) is 4.84. The van der Waals surface area contributed by atoms with E-state index in [0.29, 0.717) is 11.5 Å². The Balaban J connectivity index is 1.78. The number of fused-ring (bicyclic) bond motifs is 1. The standard InChI is InChI=1S/C22H23F3N4O/c1-13-5-7-16-18(10-13)20(17-8-6-14(11-19(17)30)22(23,24)25)27-28-21(16)26-15-4-3-9-29(2)12-15/h5-8,10-11,15,30H,3-4,9,12H2,1-2H3,(H,26,28). The number of aryl methyl sites for hydroxylation is 1. The van der Waals surface area contributed by atoms with E-state index in [0.717, 1.165) is 54.4 Å². The summed E-state index contributed by atoms with van der Waals surface area (Å²) in [6.45, 7) is 3.89. The first-order valence-electron chi connectivity index (χ1n) is 9.85. The van der Waals surface area contributed by atoms with E-state index in [-0.39, 0.29) is 11.6 Å². The number of rotatable bonds is 3. The first-order valence-corrected chi connectivity index (χ1v) is 9.85. The van der Waals surface area contributed by atoms with E-state index in [2.05, 4.69) is 27.5 Å². The highest BCUT2D eigenvalue weighted by Crippen LogP contribution is 2.39. The molecule has 3 aromatic rings. The second kappa shape index (κ2) is 7.75. The van der Waals surface area contributed by atoms with E-state index in [9.17, 15) is 18.3 Å². The molecule has 0 radical (unpaired) electrons. The van der Waals surface area contributed by atoms with Crippen LogP contribution in [-0.4, -0.2) is 46.4 Å². The molecule has 0 bridgehead atoms. The van der Waals surface area contributed by atoms with Crippen LogP contribution in [0.15, 0.2) is 36.4 Å². The van der Waals surface area contributed by atoms with E-state index in [1.807, 2.05) is 25.1 Å². The molecule has 158 valence electrons. The molecule has 30 heavy (non-hydrogen) atoms. The average Bonchev–Trinajstić information content (AvgIpc) is 2.68. The number of likely N-dealkylation sites (N-methyl/N-ethyl adjacent to an activating group) is 1. The van der Waals surface area contributed by atoms with Crippen LogP contribution in [0.1, 0.15) is 24.0 Å². The number of aromatic hydroxyl groups is 1. The highest BCUT2D eigenvalue weighted by molar-refractivity contribution is 6.01. The van der Waals surface area contributed by atoms with Gasteiger partial charge < -0.3 is 15.3 Å². The molecular formula is C22H23F3N4O. The SMILES string of the molecule is Cc1ccc2c(NC3CCCN(C)C3)nnc(-c3ccc(C(F)(F)F)cc3O)c2c1. The lowest BCUT2D eigenvalue weighted by molar-refractivity contribution is -0.137. The van der Waals surface area contributed by atoms with Gasteiger partial charge in [-0.3, -0.25) is 0 Å². The zero-order chi connectivity index (χ0) is 21.5. The molecule has 1 unspecified atom stereocenters. The van der Waals surface area contributed by atoms with Gasteiger partial charge in [0.1, 0.15) is 11.4 Å². The summed E-state index contributed by atoms with van der Waals surface area (Å²) >= 11 is 0. The van der Waals surface area contributed by atoms with Gasteiger partial charge >= 0.3 is 6.18 Å². The van der Waals surface area contributed by atoms with Crippen LogP contribution in [0.5, 0.6) is 5.75 Å². The van der Waals surface area contributed by atoms with Gasteiger partial charge in [0.05, 0.1) is 5.56 Å². The number of benzene rings is 2. The summed E-state index contributed by atoms with van der Waals surface area (Å²) in [5.41, 5.74) is 0.643. The van der Waals surface area contributed by atoms with Crippen molar-refractivity contribution >= 4 is 16.6 Å². The van der Waals surface area contributed by atoms with Crippen LogP contribution in [0.4, 0.5) is 19.0 Å². The maximum atomic E-state index is 13.0. The second-order valence-electron chi connectivity index (χ2n) is 7.92. The topological polar surface area (TPSA) is 61.3 Å². The van der Waals surface area contributed by atoms with Crippen molar-refractivity contribution in [1.82, 2.24) is 15.1 Å². The lowest BCUT2D eigenvalue weighted by atomic mass is 10.00. The summed E-state index contributed by atoms with van der Waals surface area (Å²) in [6, 6.07) is 8.96. The molecule has 1 saturated heterocycles. The van der Waals surface area contributed by atoms with E-state index >= 15 is 0 Å². The molecule has 1 aromatic heterocycles. The van der Waals surface area contributed by atoms with Crippen molar-refractivity contribution in [2.75, 3.05) is 25.5 Å². The Morgan fingerprint density at radius 1 is 1.10 bits per heavy atom. The van der Waals surface area contributed by atoms with Gasteiger partial charge in [0, 0.05) is 28.9 Å². The third-order valence-electron chi connectivity index (χ3n) is 5.48. The fourth-order valence-electron chi connectivity index (χ4n) is 3.96. The Kier molecular flexibility index (Phi) is 5.27. The van der Waals surface area contributed by atoms with Crippen LogP contribution < -0.4 is 5.32 Å². The molecular weight excluding hydrogens is 393 g/mol. The highest BCUT2D eigenvalue weighted by atomic mass is 19.4. The van der Waals surface area contributed by atoms with Crippen LogP contribution >= 0.6 is 0 Å². The van der Waals surface area contributed by atoms with E-state index in [1.54, 1.807) is 0 Å². The van der Waals surface area contributed by atoms with Gasteiger partial charge in [-0.25, -0.2) is 0 Å². The number of likely N-dealkylation sites (tertiary alicyclic amines) is 1. The molecule has 2 aromatic carbocycles. The fraction of sp³-hybridized carbons (Fsp3) is 0.364. The average molecular weight is 416 g/mol. The van der Waals surface area contributed by atoms with Crippen molar-refractivity contribution in [3.63, 3.8) is 0 Å². The van der Waals surface area contributed by atoms with Crippen LogP contribution in [0.2, 0.25) is 0 Å². The number of halogens is 3. The second-order valence-corrected chi connectivity index (χ2v) is 7.92. The van der Waals surface area contributed by atoms with Gasteiger partial charge in [-0.15, -0.1) is 10.2 Å². The van der Waals surface area contributed by atoms with Crippen molar-refractivity contribution in [1.29, 1.82) is 0 Å². The molecule has 5 nitrogen and oxygen atoms in total. The molecule has 0 amide bonds. The van der Waals surface area contributed by atoms with Gasteiger partial charge in [-0.2, -0.15) is 13.2 Å². The summed E-state index contributed by atoms with van der Waals surface area (Å²) < 4.78 is 38.9. The Morgan fingerprint density at radius 3 is 2.60 bits per heavy atom. The molecule has 1 aliphatic heterocycles. The largest absolute Gasteiger partial charge is 0.507 e. The van der Waals surface area contributed by atoms with Gasteiger partial charge in [0.2, 0.25) is 0 Å². The van der Waals surface area contributed by atoms with Crippen LogP contribution in [0.3, 0.4) is 0 Å². The monoisotopic (exact) mass is 416 g/mol. The van der Waals surface area contributed by atoms with E-state index in [1.165, 1.54) is 6.07 Å².